The van der Waals surface area contributed by atoms with Gasteiger partial charge in [-0.1, -0.05) is 32.6 Å². The predicted molar refractivity (Wildman–Crippen MR) is 111 cm³/mol. The fourth-order valence-electron chi connectivity index (χ4n) is 2.17. The lowest BCUT2D eigenvalue weighted by molar-refractivity contribution is -0.121. The summed E-state index contributed by atoms with van der Waals surface area (Å²) in [5.74, 6) is 0.866. The number of nitrogens with one attached hydrogen (secondary N) is 3. The van der Waals surface area contributed by atoms with Crippen LogP contribution in [0.3, 0.4) is 0 Å². The number of guanidine groups is 1. The molecular formula is C17H37IN4O. The van der Waals surface area contributed by atoms with E-state index in [9.17, 15) is 4.79 Å². The third kappa shape index (κ3) is 16.1. The largest absolute Gasteiger partial charge is 0.357 e. The molecule has 138 valence electrons. The molecule has 1 amide bonds. The van der Waals surface area contributed by atoms with Gasteiger partial charge in [0.15, 0.2) is 5.96 Å². The van der Waals surface area contributed by atoms with Crippen molar-refractivity contribution < 1.29 is 4.79 Å². The number of rotatable bonds is 11. The summed E-state index contributed by atoms with van der Waals surface area (Å²) in [4.78, 5) is 16.1. The van der Waals surface area contributed by atoms with Crippen LogP contribution in [0.1, 0.15) is 73.1 Å². The Morgan fingerprint density at radius 2 is 1.74 bits per heavy atom. The van der Waals surface area contributed by atoms with E-state index in [0.29, 0.717) is 19.0 Å². The van der Waals surface area contributed by atoms with E-state index in [-0.39, 0.29) is 35.9 Å². The van der Waals surface area contributed by atoms with E-state index < -0.39 is 0 Å². The maximum Gasteiger partial charge on any atom is 0.222 e. The van der Waals surface area contributed by atoms with Gasteiger partial charge in [-0.3, -0.25) is 9.79 Å². The molecule has 0 aromatic heterocycles. The fraction of sp³-hybridized carbons (Fsp3) is 0.882. The van der Waals surface area contributed by atoms with Crippen LogP contribution in [0.2, 0.25) is 0 Å². The van der Waals surface area contributed by atoms with Crippen molar-refractivity contribution >= 4 is 35.8 Å². The molecule has 1 unspecified atom stereocenters. The molecule has 3 N–H and O–H groups in total. The van der Waals surface area contributed by atoms with Crippen LogP contribution < -0.4 is 16.0 Å². The Labute approximate surface area is 159 Å². The second-order valence-electron chi connectivity index (χ2n) is 6.13. The van der Waals surface area contributed by atoms with Crippen LogP contribution in [0.15, 0.2) is 4.99 Å². The van der Waals surface area contributed by atoms with Gasteiger partial charge in [-0.2, -0.15) is 0 Å². The van der Waals surface area contributed by atoms with Crippen molar-refractivity contribution in [2.75, 3.05) is 13.1 Å². The number of aliphatic imine (C=N–C) groups is 1. The van der Waals surface area contributed by atoms with Crippen LogP contribution in [-0.4, -0.2) is 37.0 Å². The van der Waals surface area contributed by atoms with E-state index in [1.54, 1.807) is 0 Å². The van der Waals surface area contributed by atoms with E-state index in [1.807, 2.05) is 13.8 Å². The first-order valence-corrected chi connectivity index (χ1v) is 8.83. The molecule has 1 atom stereocenters. The summed E-state index contributed by atoms with van der Waals surface area (Å²) in [7, 11) is 0. The molecule has 0 aliphatic rings. The zero-order valence-electron chi connectivity index (χ0n) is 15.6. The molecule has 0 saturated heterocycles. The number of carbonyl (C=O) groups excluding carboxylic acids is 1. The third-order valence-corrected chi connectivity index (χ3v) is 3.28. The molecule has 6 heteroatoms. The van der Waals surface area contributed by atoms with Crippen molar-refractivity contribution in [2.24, 2.45) is 4.99 Å². The minimum absolute atomic E-state index is 0. The summed E-state index contributed by atoms with van der Waals surface area (Å²) in [5, 5.41) is 9.53. The van der Waals surface area contributed by atoms with E-state index in [4.69, 9.17) is 0 Å². The van der Waals surface area contributed by atoms with Crippen LogP contribution in [0.4, 0.5) is 0 Å². The normalized spacial score (nSPS) is 12.5. The first-order chi connectivity index (χ1) is 10.5. The van der Waals surface area contributed by atoms with Gasteiger partial charge in [0.2, 0.25) is 5.91 Å². The molecular weight excluding hydrogens is 403 g/mol. The van der Waals surface area contributed by atoms with Gasteiger partial charge in [0, 0.05) is 25.0 Å². The highest BCUT2D eigenvalue weighted by Crippen LogP contribution is 2.05. The second-order valence-corrected chi connectivity index (χ2v) is 6.13. The van der Waals surface area contributed by atoms with E-state index >= 15 is 0 Å². The van der Waals surface area contributed by atoms with Crippen molar-refractivity contribution in [3.05, 3.63) is 0 Å². The second kappa shape index (κ2) is 16.3. The summed E-state index contributed by atoms with van der Waals surface area (Å²) >= 11 is 0. The summed E-state index contributed by atoms with van der Waals surface area (Å²) in [5.41, 5.74) is 0. The average molecular weight is 440 g/mol. The van der Waals surface area contributed by atoms with Crippen molar-refractivity contribution in [3.8, 4) is 0 Å². The molecule has 0 aliphatic heterocycles. The van der Waals surface area contributed by atoms with Crippen molar-refractivity contribution in [1.29, 1.82) is 0 Å². The Balaban J connectivity index is 0. The van der Waals surface area contributed by atoms with Crippen LogP contribution in [0.5, 0.6) is 0 Å². The van der Waals surface area contributed by atoms with E-state index in [1.165, 1.54) is 25.7 Å². The molecule has 0 fully saturated rings. The highest BCUT2D eigenvalue weighted by atomic mass is 127. The quantitative estimate of drug-likeness (QED) is 0.200. The molecule has 0 saturated carbocycles. The van der Waals surface area contributed by atoms with E-state index in [0.717, 1.165) is 18.9 Å². The molecule has 0 spiro atoms. The molecule has 0 aromatic carbocycles. The zero-order chi connectivity index (χ0) is 16.8. The Bertz CT molecular complexity index is 322. The zero-order valence-corrected chi connectivity index (χ0v) is 17.9. The molecule has 23 heavy (non-hydrogen) atoms. The highest BCUT2D eigenvalue weighted by Gasteiger charge is 2.06. The maximum atomic E-state index is 11.6. The van der Waals surface area contributed by atoms with E-state index in [2.05, 4.69) is 41.7 Å². The summed E-state index contributed by atoms with van der Waals surface area (Å²) < 4.78 is 0. The third-order valence-electron chi connectivity index (χ3n) is 3.28. The van der Waals surface area contributed by atoms with Crippen LogP contribution >= 0.6 is 24.0 Å². The Morgan fingerprint density at radius 3 is 2.30 bits per heavy atom. The monoisotopic (exact) mass is 440 g/mol. The van der Waals surface area contributed by atoms with Crippen molar-refractivity contribution in [3.63, 3.8) is 0 Å². The Kier molecular flexibility index (Phi) is 17.6. The highest BCUT2D eigenvalue weighted by molar-refractivity contribution is 14.0. The molecule has 0 aliphatic carbocycles. The number of hydrogen-bond acceptors (Lipinski definition) is 2. The SMILES string of the molecule is CCCCCCC(C)NC(=NCCC(=O)NC(C)C)NCC.I. The van der Waals surface area contributed by atoms with Crippen LogP contribution in [-0.2, 0) is 4.79 Å². The number of unbranched alkanes of at least 4 members (excludes halogenated alkanes) is 3. The minimum Gasteiger partial charge on any atom is -0.357 e. The molecule has 5 nitrogen and oxygen atoms in total. The molecule has 0 bridgehead atoms. The number of hydrogen-bond donors (Lipinski definition) is 3. The lowest BCUT2D eigenvalue weighted by Gasteiger charge is -2.17. The Hall–Kier alpha value is -0.530. The van der Waals surface area contributed by atoms with Gasteiger partial charge in [0.1, 0.15) is 0 Å². The summed E-state index contributed by atoms with van der Waals surface area (Å²) in [6, 6.07) is 0.588. The Morgan fingerprint density at radius 1 is 1.04 bits per heavy atom. The maximum absolute atomic E-state index is 11.6. The predicted octanol–water partition coefficient (Wildman–Crippen LogP) is 3.43. The topological polar surface area (TPSA) is 65.5 Å². The van der Waals surface area contributed by atoms with Gasteiger partial charge >= 0.3 is 0 Å². The first-order valence-electron chi connectivity index (χ1n) is 8.83. The van der Waals surface area contributed by atoms with Gasteiger partial charge in [-0.15, -0.1) is 24.0 Å². The van der Waals surface area contributed by atoms with Gasteiger partial charge in [-0.05, 0) is 34.1 Å². The van der Waals surface area contributed by atoms with Crippen molar-refractivity contribution in [2.45, 2.75) is 85.2 Å². The number of carbonyl (C=O) groups is 1. The lowest BCUT2D eigenvalue weighted by atomic mass is 10.1. The smallest absolute Gasteiger partial charge is 0.222 e. The van der Waals surface area contributed by atoms with Gasteiger partial charge in [0.05, 0.1) is 6.54 Å². The summed E-state index contributed by atoms with van der Waals surface area (Å²) in [6.07, 6.45) is 6.71. The number of halogens is 1. The minimum atomic E-state index is 0. The first kappa shape index (κ1) is 24.7. The van der Waals surface area contributed by atoms with Crippen LogP contribution in [0.25, 0.3) is 0 Å². The fourth-order valence-corrected chi connectivity index (χ4v) is 2.17. The lowest BCUT2D eigenvalue weighted by Crippen LogP contribution is -2.42. The summed E-state index contributed by atoms with van der Waals surface area (Å²) in [6.45, 7) is 11.7. The van der Waals surface area contributed by atoms with Gasteiger partial charge in [-0.25, -0.2) is 0 Å². The molecule has 0 radical (unpaired) electrons. The van der Waals surface area contributed by atoms with Gasteiger partial charge < -0.3 is 16.0 Å². The number of nitrogens with zero attached hydrogens (tertiary/aromatic N) is 1. The van der Waals surface area contributed by atoms with Crippen molar-refractivity contribution in [1.82, 2.24) is 16.0 Å². The molecule has 0 rings (SSSR count). The van der Waals surface area contributed by atoms with Crippen LogP contribution in [0, 0.1) is 0 Å². The standard InChI is InChI=1S/C17H36N4O.HI/c1-6-8-9-10-11-15(5)21-17(18-7-2)19-13-12-16(22)20-14(3)4;/h14-15H,6-13H2,1-5H3,(H,20,22)(H2,18,19,21);1H. The average Bonchev–Trinajstić information content (AvgIpc) is 2.43. The number of amides is 1. The van der Waals surface area contributed by atoms with Gasteiger partial charge in [0.25, 0.3) is 0 Å². The molecule has 0 heterocycles. The molecule has 0 aromatic rings.